The standard InChI is InChI=1S/C28H32N4O4S/c1-6-25-31-32-26(29)21(27(33)30-28(32)37-25)15-19-9-11-22(24(16-19)34-7-2)35-12-13-36-23-14-18(5)8-10-20(23)17(3)4/h8-11,14-17,29H,6-7,12-13H2,1-5H3/b21-15-,29-26?. The number of aliphatic imine (C=N–C) groups is 1. The Labute approximate surface area is 221 Å². The number of nitrogens with zero attached hydrogens (tertiary/aromatic N) is 3. The van der Waals surface area contributed by atoms with Crippen LogP contribution in [0.2, 0.25) is 0 Å². The minimum atomic E-state index is -0.455. The zero-order chi connectivity index (χ0) is 26.5. The van der Waals surface area contributed by atoms with Crippen LogP contribution < -0.4 is 14.2 Å². The number of nitrogens with one attached hydrogen (secondary N) is 1. The van der Waals surface area contributed by atoms with E-state index in [1.807, 2.05) is 26.8 Å². The number of rotatable bonds is 10. The molecule has 2 aromatic carbocycles. The number of aryl methyl sites for hydroxylation is 1. The second-order valence-corrected chi connectivity index (χ2v) is 9.94. The van der Waals surface area contributed by atoms with Gasteiger partial charge in [0.15, 0.2) is 17.3 Å². The van der Waals surface area contributed by atoms with Crippen molar-refractivity contribution in [3.05, 3.63) is 58.7 Å². The molecule has 1 N–H and O–H groups in total. The van der Waals surface area contributed by atoms with Crippen LogP contribution in [0.15, 0.2) is 52.1 Å². The topological polar surface area (TPSA) is 96.6 Å². The summed E-state index contributed by atoms with van der Waals surface area (Å²) in [6.45, 7) is 11.4. The van der Waals surface area contributed by atoms with E-state index in [9.17, 15) is 4.79 Å². The maximum absolute atomic E-state index is 12.6. The molecule has 0 unspecified atom stereocenters. The number of hydrazone groups is 1. The smallest absolute Gasteiger partial charge is 0.283 e. The van der Waals surface area contributed by atoms with Crippen LogP contribution in [0.5, 0.6) is 17.2 Å². The fourth-order valence-corrected chi connectivity index (χ4v) is 4.71. The van der Waals surface area contributed by atoms with Crippen molar-refractivity contribution in [1.82, 2.24) is 5.01 Å². The number of amides is 1. The Kier molecular flexibility index (Phi) is 8.33. The summed E-state index contributed by atoms with van der Waals surface area (Å²) in [5, 5.41) is 15.6. The first-order chi connectivity index (χ1) is 17.8. The van der Waals surface area contributed by atoms with E-state index in [0.29, 0.717) is 48.0 Å². The first-order valence-electron chi connectivity index (χ1n) is 12.4. The highest BCUT2D eigenvalue weighted by Crippen LogP contribution is 2.32. The van der Waals surface area contributed by atoms with Crippen LogP contribution in [-0.2, 0) is 4.79 Å². The normalized spacial score (nSPS) is 16.2. The summed E-state index contributed by atoms with van der Waals surface area (Å²) in [5.74, 6) is 1.93. The van der Waals surface area contributed by atoms with E-state index >= 15 is 0 Å². The summed E-state index contributed by atoms with van der Waals surface area (Å²) >= 11 is 1.32. The van der Waals surface area contributed by atoms with Crippen LogP contribution in [0.3, 0.4) is 0 Å². The molecule has 2 aliphatic rings. The van der Waals surface area contributed by atoms with Gasteiger partial charge in [0.1, 0.15) is 24.0 Å². The quantitative estimate of drug-likeness (QED) is 0.305. The van der Waals surface area contributed by atoms with E-state index in [2.05, 4.69) is 42.1 Å². The number of carbonyl (C=O) groups excluding carboxylic acids is 1. The van der Waals surface area contributed by atoms with Crippen molar-refractivity contribution in [2.24, 2.45) is 10.1 Å². The van der Waals surface area contributed by atoms with Crippen LogP contribution in [0.25, 0.3) is 6.08 Å². The first kappa shape index (κ1) is 26.5. The van der Waals surface area contributed by atoms with Crippen molar-refractivity contribution < 1.29 is 19.0 Å². The predicted octanol–water partition coefficient (Wildman–Crippen LogP) is 6.00. The van der Waals surface area contributed by atoms with E-state index in [0.717, 1.165) is 22.8 Å². The molecule has 4 rings (SSSR count). The maximum atomic E-state index is 12.6. The van der Waals surface area contributed by atoms with E-state index in [1.165, 1.54) is 22.3 Å². The molecule has 0 atom stereocenters. The van der Waals surface area contributed by atoms with Gasteiger partial charge in [0, 0.05) is 0 Å². The average Bonchev–Trinajstić information content (AvgIpc) is 3.28. The van der Waals surface area contributed by atoms with Crippen LogP contribution in [0.4, 0.5) is 0 Å². The second kappa shape index (κ2) is 11.6. The molecule has 0 aliphatic carbocycles. The number of amidine groups is 2. The summed E-state index contributed by atoms with van der Waals surface area (Å²) in [5.41, 5.74) is 3.19. The molecule has 8 nitrogen and oxygen atoms in total. The Hall–Kier alpha value is -3.59. The maximum Gasteiger partial charge on any atom is 0.283 e. The summed E-state index contributed by atoms with van der Waals surface area (Å²) in [6.07, 6.45) is 2.35. The Balaban J connectivity index is 1.46. The number of hydrogen-bond donors (Lipinski definition) is 1. The highest BCUT2D eigenvalue weighted by Gasteiger charge is 2.35. The minimum absolute atomic E-state index is 0.0123. The summed E-state index contributed by atoms with van der Waals surface area (Å²) in [6, 6.07) is 11.7. The van der Waals surface area contributed by atoms with Gasteiger partial charge in [-0.25, -0.2) is 0 Å². The van der Waals surface area contributed by atoms with Gasteiger partial charge in [-0.3, -0.25) is 10.2 Å². The van der Waals surface area contributed by atoms with Gasteiger partial charge < -0.3 is 14.2 Å². The van der Waals surface area contributed by atoms with Crippen molar-refractivity contribution in [3.8, 4) is 17.2 Å². The molecule has 9 heteroatoms. The molecule has 1 amide bonds. The number of hydrogen-bond acceptors (Lipinski definition) is 7. The van der Waals surface area contributed by atoms with Crippen LogP contribution in [-0.4, -0.2) is 46.8 Å². The van der Waals surface area contributed by atoms with Crippen molar-refractivity contribution in [3.63, 3.8) is 0 Å². The molecule has 194 valence electrons. The van der Waals surface area contributed by atoms with E-state index in [4.69, 9.17) is 19.6 Å². The SMILES string of the molecule is CCOc1cc(/C=C2/C(=N)N3N=C(CC)SC3=NC2=O)ccc1OCCOc1cc(C)ccc1C(C)C. The number of carbonyl (C=O) groups is 1. The minimum Gasteiger partial charge on any atom is -0.490 e. The summed E-state index contributed by atoms with van der Waals surface area (Å²) in [7, 11) is 0. The molecule has 0 bridgehead atoms. The Morgan fingerprint density at radius 2 is 1.78 bits per heavy atom. The lowest BCUT2D eigenvalue weighted by Gasteiger charge is -2.20. The Morgan fingerprint density at radius 1 is 1.03 bits per heavy atom. The van der Waals surface area contributed by atoms with Gasteiger partial charge in [-0.05, 0) is 78.9 Å². The highest BCUT2D eigenvalue weighted by molar-refractivity contribution is 8.26. The van der Waals surface area contributed by atoms with Crippen LogP contribution in [0, 0.1) is 12.3 Å². The third-order valence-corrected chi connectivity index (χ3v) is 6.82. The molecular formula is C28H32N4O4S. The fraction of sp³-hybridized carbons (Fsp3) is 0.357. The molecular weight excluding hydrogens is 488 g/mol. The largest absolute Gasteiger partial charge is 0.490 e. The third-order valence-electron chi connectivity index (χ3n) is 5.77. The Bertz CT molecular complexity index is 1300. The van der Waals surface area contributed by atoms with Gasteiger partial charge in [0.25, 0.3) is 5.91 Å². The van der Waals surface area contributed by atoms with E-state index in [-0.39, 0.29) is 11.4 Å². The zero-order valence-corrected chi connectivity index (χ0v) is 22.6. The molecule has 37 heavy (non-hydrogen) atoms. The van der Waals surface area contributed by atoms with Crippen molar-refractivity contribution >= 4 is 39.8 Å². The molecule has 0 aromatic heterocycles. The fourth-order valence-electron chi connectivity index (χ4n) is 3.89. The second-order valence-electron chi connectivity index (χ2n) is 8.90. The highest BCUT2D eigenvalue weighted by atomic mass is 32.2. The van der Waals surface area contributed by atoms with Gasteiger partial charge in [0.05, 0.1) is 12.2 Å². The zero-order valence-electron chi connectivity index (χ0n) is 21.8. The van der Waals surface area contributed by atoms with Gasteiger partial charge in [-0.15, -0.1) is 0 Å². The molecule has 0 fully saturated rings. The van der Waals surface area contributed by atoms with Gasteiger partial charge in [0.2, 0.25) is 5.17 Å². The molecule has 2 heterocycles. The lowest BCUT2D eigenvalue weighted by Crippen LogP contribution is -2.35. The lowest BCUT2D eigenvalue weighted by atomic mass is 10.0. The predicted molar refractivity (Wildman–Crippen MR) is 149 cm³/mol. The molecule has 2 aliphatic heterocycles. The third kappa shape index (κ3) is 6.05. The molecule has 0 radical (unpaired) electrons. The van der Waals surface area contributed by atoms with Crippen molar-refractivity contribution in [1.29, 1.82) is 5.41 Å². The average molecular weight is 521 g/mol. The molecule has 0 spiro atoms. The van der Waals surface area contributed by atoms with Crippen molar-refractivity contribution in [2.75, 3.05) is 19.8 Å². The number of benzene rings is 2. The molecule has 0 saturated heterocycles. The molecule has 0 saturated carbocycles. The van der Waals surface area contributed by atoms with Gasteiger partial charge in [-0.2, -0.15) is 15.1 Å². The van der Waals surface area contributed by atoms with Crippen LogP contribution in [0.1, 0.15) is 56.7 Å². The number of ether oxygens (including phenoxy) is 3. The lowest BCUT2D eigenvalue weighted by molar-refractivity contribution is -0.114. The summed E-state index contributed by atoms with van der Waals surface area (Å²) in [4.78, 5) is 16.8. The summed E-state index contributed by atoms with van der Waals surface area (Å²) < 4.78 is 17.8. The number of fused-ring (bicyclic) bond motifs is 1. The molecule has 2 aromatic rings. The van der Waals surface area contributed by atoms with Gasteiger partial charge in [-0.1, -0.05) is 39.0 Å². The Morgan fingerprint density at radius 3 is 2.49 bits per heavy atom. The first-order valence-corrected chi connectivity index (χ1v) is 13.2. The van der Waals surface area contributed by atoms with E-state index in [1.54, 1.807) is 18.2 Å². The van der Waals surface area contributed by atoms with Gasteiger partial charge >= 0.3 is 0 Å². The number of thioether (sulfide) groups is 1. The monoisotopic (exact) mass is 520 g/mol. The van der Waals surface area contributed by atoms with E-state index < -0.39 is 5.91 Å². The van der Waals surface area contributed by atoms with Crippen molar-refractivity contribution in [2.45, 2.75) is 47.0 Å². The van der Waals surface area contributed by atoms with Crippen LogP contribution >= 0.6 is 11.8 Å².